The summed E-state index contributed by atoms with van der Waals surface area (Å²) >= 11 is 1.22. The quantitative estimate of drug-likeness (QED) is 0.711. The Kier molecular flexibility index (Phi) is 4.88. The van der Waals surface area contributed by atoms with E-state index >= 15 is 0 Å². The zero-order valence-electron chi connectivity index (χ0n) is 14.7. The maximum atomic E-state index is 13.3. The monoisotopic (exact) mass is 407 g/mol. The molecule has 0 radical (unpaired) electrons. The summed E-state index contributed by atoms with van der Waals surface area (Å²) in [4.78, 5) is 20.5. The maximum absolute atomic E-state index is 13.3. The number of thiazole rings is 1. The van der Waals surface area contributed by atoms with Crippen molar-refractivity contribution in [1.82, 2.24) is 19.7 Å². The number of fused-ring (bicyclic) bond motifs is 1. The number of nitrogens with one attached hydrogen (secondary N) is 1. The molecule has 1 aliphatic carbocycles. The van der Waals surface area contributed by atoms with Gasteiger partial charge in [0.2, 0.25) is 0 Å². The molecule has 1 amide bonds. The average Bonchev–Trinajstić information content (AvgIpc) is 3.28. The van der Waals surface area contributed by atoms with E-state index in [0.717, 1.165) is 12.8 Å². The van der Waals surface area contributed by atoms with Crippen LogP contribution in [0.15, 0.2) is 29.9 Å². The number of carbonyl (C=O) groups is 1. The molecule has 0 saturated heterocycles. The van der Waals surface area contributed by atoms with Gasteiger partial charge >= 0.3 is 6.18 Å². The number of halogens is 3. The number of amides is 1. The molecule has 0 spiro atoms. The Morgan fingerprint density at radius 2 is 2.11 bits per heavy atom. The Bertz CT molecular complexity index is 997. The zero-order chi connectivity index (χ0) is 19.7. The topological polar surface area (TPSA) is 72.7 Å². The summed E-state index contributed by atoms with van der Waals surface area (Å²) < 4.78 is 41.3. The molecule has 3 aromatic rings. The third kappa shape index (κ3) is 3.77. The van der Waals surface area contributed by atoms with Crippen LogP contribution in [0.2, 0.25) is 0 Å². The molecule has 6 nitrogen and oxygen atoms in total. The lowest BCUT2D eigenvalue weighted by molar-refractivity contribution is -0.142. The van der Waals surface area contributed by atoms with E-state index in [1.54, 1.807) is 23.7 Å². The van der Waals surface area contributed by atoms with E-state index in [-0.39, 0.29) is 12.2 Å². The molecular weight excluding hydrogens is 391 g/mol. The molecular formula is C18H16F3N5OS. The first-order chi connectivity index (χ1) is 13.4. The van der Waals surface area contributed by atoms with Gasteiger partial charge in [-0.05, 0) is 37.8 Å². The number of hydrogen-bond donors (Lipinski definition) is 1. The number of rotatable bonds is 4. The van der Waals surface area contributed by atoms with E-state index in [1.807, 2.05) is 0 Å². The highest BCUT2D eigenvalue weighted by Gasteiger charge is 2.39. The Balaban J connectivity index is 1.54. The van der Waals surface area contributed by atoms with Gasteiger partial charge in [-0.3, -0.25) is 14.5 Å². The van der Waals surface area contributed by atoms with E-state index in [9.17, 15) is 18.0 Å². The van der Waals surface area contributed by atoms with Gasteiger partial charge in [0.1, 0.15) is 10.7 Å². The van der Waals surface area contributed by atoms with Gasteiger partial charge in [0.15, 0.2) is 5.69 Å². The SMILES string of the molecule is O=C(Nc1cccnc1)c1csc(Cn2nc(C(F)(F)F)c3c2CCCC3)n1. The summed E-state index contributed by atoms with van der Waals surface area (Å²) in [5, 5.41) is 8.62. The van der Waals surface area contributed by atoms with Crippen molar-refractivity contribution in [3.05, 3.63) is 57.6 Å². The van der Waals surface area contributed by atoms with E-state index in [1.165, 1.54) is 22.2 Å². The molecule has 0 atom stereocenters. The Morgan fingerprint density at radius 3 is 2.86 bits per heavy atom. The molecule has 0 unspecified atom stereocenters. The lowest BCUT2D eigenvalue weighted by Gasteiger charge is -2.14. The van der Waals surface area contributed by atoms with Crippen molar-refractivity contribution in [3.63, 3.8) is 0 Å². The fraction of sp³-hybridized carbons (Fsp3) is 0.333. The van der Waals surface area contributed by atoms with Crippen LogP contribution in [0.3, 0.4) is 0 Å². The molecule has 3 heterocycles. The fourth-order valence-electron chi connectivity index (χ4n) is 3.28. The summed E-state index contributed by atoms with van der Waals surface area (Å²) in [5.41, 5.74) is 0.868. The predicted molar refractivity (Wildman–Crippen MR) is 97.3 cm³/mol. The summed E-state index contributed by atoms with van der Waals surface area (Å²) in [6.45, 7) is 0.114. The van der Waals surface area contributed by atoms with Crippen LogP contribution in [0, 0.1) is 0 Å². The van der Waals surface area contributed by atoms with Gasteiger partial charge in [-0.2, -0.15) is 18.3 Å². The van der Waals surface area contributed by atoms with Gasteiger partial charge in [0.05, 0.1) is 18.4 Å². The normalized spacial score (nSPS) is 14.0. The number of alkyl halides is 3. The van der Waals surface area contributed by atoms with Crippen molar-refractivity contribution in [2.75, 3.05) is 5.32 Å². The first-order valence-corrected chi connectivity index (χ1v) is 9.61. The maximum Gasteiger partial charge on any atom is 0.435 e. The Labute approximate surface area is 162 Å². The number of anilines is 1. The summed E-state index contributed by atoms with van der Waals surface area (Å²) in [5.74, 6) is -0.394. The van der Waals surface area contributed by atoms with Crippen molar-refractivity contribution < 1.29 is 18.0 Å². The second-order valence-electron chi connectivity index (χ2n) is 6.46. The van der Waals surface area contributed by atoms with Crippen LogP contribution in [0.5, 0.6) is 0 Å². The van der Waals surface area contributed by atoms with Crippen LogP contribution in [0.1, 0.15) is 45.3 Å². The van der Waals surface area contributed by atoms with Crippen LogP contribution in [-0.4, -0.2) is 25.7 Å². The minimum Gasteiger partial charge on any atom is -0.319 e. The number of pyridine rings is 1. The third-order valence-corrected chi connectivity index (χ3v) is 5.35. The van der Waals surface area contributed by atoms with Crippen molar-refractivity contribution >= 4 is 22.9 Å². The lowest BCUT2D eigenvalue weighted by atomic mass is 9.95. The predicted octanol–water partition coefficient (Wildman–Crippen LogP) is 3.93. The minimum absolute atomic E-state index is 0.114. The van der Waals surface area contributed by atoms with Crippen molar-refractivity contribution in [3.8, 4) is 0 Å². The molecule has 28 heavy (non-hydrogen) atoms. The number of carbonyl (C=O) groups excluding carboxylic acids is 1. The van der Waals surface area contributed by atoms with Crippen molar-refractivity contribution in [2.24, 2.45) is 0 Å². The van der Waals surface area contributed by atoms with Gasteiger partial charge < -0.3 is 5.32 Å². The molecule has 10 heteroatoms. The number of nitrogens with zero attached hydrogens (tertiary/aromatic N) is 4. The summed E-state index contributed by atoms with van der Waals surface area (Å²) in [6, 6.07) is 3.40. The summed E-state index contributed by atoms with van der Waals surface area (Å²) in [6.07, 6.45) is 1.17. The Morgan fingerprint density at radius 1 is 1.29 bits per heavy atom. The first kappa shape index (κ1) is 18.6. The molecule has 0 saturated carbocycles. The van der Waals surface area contributed by atoms with Gasteiger partial charge in [0, 0.05) is 22.8 Å². The van der Waals surface area contributed by atoms with Crippen LogP contribution in [0.4, 0.5) is 18.9 Å². The van der Waals surface area contributed by atoms with E-state index < -0.39 is 17.8 Å². The molecule has 1 N–H and O–H groups in total. The molecule has 4 rings (SSSR count). The standard InChI is InChI=1S/C18H16F3N5OS/c19-18(20,21)16-12-5-1-2-6-14(12)26(25-16)9-15-24-13(10-28-15)17(27)23-11-4-3-7-22-8-11/h3-4,7-8,10H,1-2,5-6,9H2,(H,23,27). The second-order valence-corrected chi connectivity index (χ2v) is 7.40. The van der Waals surface area contributed by atoms with Gasteiger partial charge in [-0.15, -0.1) is 11.3 Å². The van der Waals surface area contributed by atoms with Crippen LogP contribution in [-0.2, 0) is 25.6 Å². The first-order valence-electron chi connectivity index (χ1n) is 8.73. The van der Waals surface area contributed by atoms with E-state index in [2.05, 4.69) is 20.4 Å². The Hall–Kier alpha value is -2.75. The largest absolute Gasteiger partial charge is 0.435 e. The molecule has 0 fully saturated rings. The molecule has 0 bridgehead atoms. The van der Waals surface area contributed by atoms with Gasteiger partial charge in [-0.1, -0.05) is 0 Å². The van der Waals surface area contributed by atoms with Crippen LogP contribution >= 0.6 is 11.3 Å². The molecule has 0 aliphatic heterocycles. The smallest absolute Gasteiger partial charge is 0.319 e. The molecule has 1 aliphatic rings. The zero-order valence-corrected chi connectivity index (χ0v) is 15.5. The van der Waals surface area contributed by atoms with E-state index in [0.29, 0.717) is 34.8 Å². The van der Waals surface area contributed by atoms with Gasteiger partial charge in [-0.25, -0.2) is 4.98 Å². The van der Waals surface area contributed by atoms with Gasteiger partial charge in [0.25, 0.3) is 5.91 Å². The van der Waals surface area contributed by atoms with Crippen LogP contribution < -0.4 is 5.32 Å². The van der Waals surface area contributed by atoms with Crippen molar-refractivity contribution in [2.45, 2.75) is 38.4 Å². The number of aromatic nitrogens is 4. The second kappa shape index (κ2) is 7.34. The average molecular weight is 407 g/mol. The lowest BCUT2D eigenvalue weighted by Crippen LogP contribution is -2.13. The minimum atomic E-state index is -4.47. The molecule has 3 aromatic heterocycles. The molecule has 0 aromatic carbocycles. The molecule has 146 valence electrons. The fourth-order valence-corrected chi connectivity index (χ4v) is 4.03. The third-order valence-electron chi connectivity index (χ3n) is 4.51. The highest BCUT2D eigenvalue weighted by Crippen LogP contribution is 2.36. The van der Waals surface area contributed by atoms with Crippen molar-refractivity contribution in [1.29, 1.82) is 0 Å². The van der Waals surface area contributed by atoms with Crippen LogP contribution in [0.25, 0.3) is 0 Å². The number of hydrogen-bond acceptors (Lipinski definition) is 5. The van der Waals surface area contributed by atoms with E-state index in [4.69, 9.17) is 0 Å². The highest BCUT2D eigenvalue weighted by atomic mass is 32.1. The highest BCUT2D eigenvalue weighted by molar-refractivity contribution is 7.09. The summed E-state index contributed by atoms with van der Waals surface area (Å²) in [7, 11) is 0.